The lowest BCUT2D eigenvalue weighted by atomic mass is 10.1. The van der Waals surface area contributed by atoms with Crippen molar-refractivity contribution in [3.63, 3.8) is 0 Å². The number of hydrogen-bond acceptors (Lipinski definition) is 4. The van der Waals surface area contributed by atoms with Gasteiger partial charge in [0.05, 0.1) is 5.56 Å². The van der Waals surface area contributed by atoms with E-state index in [-0.39, 0.29) is 33.0 Å². The Labute approximate surface area is 197 Å². The van der Waals surface area contributed by atoms with E-state index in [1.165, 1.54) is 4.90 Å². The number of carbonyl (C=O) groups is 2. The van der Waals surface area contributed by atoms with Crippen LogP contribution in [0.15, 0.2) is 48.5 Å². The first kappa shape index (κ1) is 22.8. The molecular formula is C24H21F4N3O2S. The highest BCUT2D eigenvalue weighted by molar-refractivity contribution is 7.20. The molecule has 2 saturated heterocycles. The largest absolute Gasteiger partial charge is 0.416 e. The molecule has 178 valence electrons. The molecule has 3 heterocycles. The van der Waals surface area contributed by atoms with Crippen molar-refractivity contribution in [1.82, 2.24) is 15.1 Å². The van der Waals surface area contributed by atoms with Crippen LogP contribution in [0.3, 0.4) is 0 Å². The second kappa shape index (κ2) is 8.66. The third-order valence-electron chi connectivity index (χ3n) is 6.29. The minimum atomic E-state index is -4.53. The van der Waals surface area contributed by atoms with Crippen molar-refractivity contribution < 1.29 is 27.2 Å². The Kier molecular flexibility index (Phi) is 5.81. The molecule has 0 spiro atoms. The molecule has 0 radical (unpaired) electrons. The number of nitrogens with one attached hydrogen (secondary N) is 1. The summed E-state index contributed by atoms with van der Waals surface area (Å²) >= 11 is 0.745. The molecule has 1 unspecified atom stereocenters. The maximum atomic E-state index is 14.7. The van der Waals surface area contributed by atoms with E-state index in [4.69, 9.17) is 0 Å². The van der Waals surface area contributed by atoms with Gasteiger partial charge in [0.25, 0.3) is 11.8 Å². The summed E-state index contributed by atoms with van der Waals surface area (Å²) in [6.07, 6.45) is -3.73. The molecule has 34 heavy (non-hydrogen) atoms. The van der Waals surface area contributed by atoms with Crippen LogP contribution in [-0.2, 0) is 6.18 Å². The Bertz CT molecular complexity index is 1240. The first-order chi connectivity index (χ1) is 16.2. The minimum Gasteiger partial charge on any atom is -0.337 e. The average molecular weight is 492 g/mol. The van der Waals surface area contributed by atoms with Crippen LogP contribution < -0.4 is 5.32 Å². The smallest absolute Gasteiger partial charge is 0.337 e. The summed E-state index contributed by atoms with van der Waals surface area (Å²) in [5.74, 6) is -1.30. The number of carbonyl (C=O) groups excluding carboxylic acids is 2. The molecule has 1 N–H and O–H groups in total. The maximum Gasteiger partial charge on any atom is 0.416 e. The number of thiophene rings is 1. The van der Waals surface area contributed by atoms with Crippen molar-refractivity contribution in [1.29, 1.82) is 0 Å². The van der Waals surface area contributed by atoms with Gasteiger partial charge in [-0.1, -0.05) is 18.2 Å². The highest BCUT2D eigenvalue weighted by Gasteiger charge is 2.37. The molecule has 2 aliphatic heterocycles. The molecule has 5 nitrogen and oxygen atoms in total. The van der Waals surface area contributed by atoms with Crippen LogP contribution in [-0.4, -0.2) is 59.9 Å². The number of alkyl halides is 3. The molecule has 10 heteroatoms. The Morgan fingerprint density at radius 2 is 1.65 bits per heavy atom. The number of nitrogens with zero attached hydrogens (tertiary/aromatic N) is 2. The summed E-state index contributed by atoms with van der Waals surface area (Å²) in [7, 11) is 0. The molecule has 3 aromatic rings. The van der Waals surface area contributed by atoms with Crippen LogP contribution in [0, 0.1) is 5.82 Å². The van der Waals surface area contributed by atoms with Crippen LogP contribution in [0.1, 0.15) is 32.0 Å². The summed E-state index contributed by atoms with van der Waals surface area (Å²) in [5, 5.41) is 3.47. The minimum absolute atomic E-state index is 0.00997. The Morgan fingerprint density at radius 3 is 2.35 bits per heavy atom. The molecule has 2 fully saturated rings. The van der Waals surface area contributed by atoms with Gasteiger partial charge < -0.3 is 15.1 Å². The van der Waals surface area contributed by atoms with E-state index in [1.54, 1.807) is 17.0 Å². The lowest BCUT2D eigenvalue weighted by Crippen LogP contribution is -2.62. The van der Waals surface area contributed by atoms with Crippen molar-refractivity contribution in [2.75, 3.05) is 26.2 Å². The van der Waals surface area contributed by atoms with E-state index in [1.807, 2.05) is 18.2 Å². The quantitative estimate of drug-likeness (QED) is 0.551. The zero-order chi connectivity index (χ0) is 24.0. The molecule has 2 amide bonds. The van der Waals surface area contributed by atoms with Gasteiger partial charge in [0.2, 0.25) is 0 Å². The molecule has 5 rings (SSSR count). The molecule has 2 aliphatic rings. The fourth-order valence-electron chi connectivity index (χ4n) is 4.45. The van der Waals surface area contributed by atoms with E-state index >= 15 is 0 Å². The number of rotatable bonds is 4. The van der Waals surface area contributed by atoms with Crippen molar-refractivity contribution in [2.45, 2.75) is 24.7 Å². The van der Waals surface area contributed by atoms with Crippen LogP contribution in [0.4, 0.5) is 17.6 Å². The highest BCUT2D eigenvalue weighted by atomic mass is 32.1. The third kappa shape index (κ3) is 4.27. The Morgan fingerprint density at radius 1 is 0.941 bits per heavy atom. The van der Waals surface area contributed by atoms with Gasteiger partial charge in [-0.25, -0.2) is 4.39 Å². The lowest BCUT2D eigenvalue weighted by Gasteiger charge is -2.40. The number of benzene rings is 2. The monoisotopic (exact) mass is 491 g/mol. The van der Waals surface area contributed by atoms with E-state index in [2.05, 4.69) is 5.32 Å². The van der Waals surface area contributed by atoms with Crippen molar-refractivity contribution in [3.8, 4) is 0 Å². The van der Waals surface area contributed by atoms with Gasteiger partial charge in [-0.2, -0.15) is 13.2 Å². The lowest BCUT2D eigenvalue weighted by molar-refractivity contribution is -0.137. The van der Waals surface area contributed by atoms with E-state index < -0.39 is 23.5 Å². The van der Waals surface area contributed by atoms with Crippen LogP contribution in [0.25, 0.3) is 10.1 Å². The van der Waals surface area contributed by atoms with Crippen LogP contribution in [0.2, 0.25) is 0 Å². The van der Waals surface area contributed by atoms with E-state index in [9.17, 15) is 27.2 Å². The predicted octanol–water partition coefficient (Wildman–Crippen LogP) is 4.39. The second-order valence-electron chi connectivity index (χ2n) is 8.63. The number of hydrogen-bond donors (Lipinski definition) is 1. The van der Waals surface area contributed by atoms with E-state index in [0.29, 0.717) is 31.7 Å². The van der Waals surface area contributed by atoms with Crippen LogP contribution >= 0.6 is 11.3 Å². The zero-order valence-electron chi connectivity index (χ0n) is 17.9. The fraction of sp³-hybridized carbons (Fsp3) is 0.333. The third-order valence-corrected chi connectivity index (χ3v) is 7.40. The molecule has 0 saturated carbocycles. The Balaban J connectivity index is 1.17. The number of halogens is 4. The predicted molar refractivity (Wildman–Crippen MR) is 120 cm³/mol. The standard InChI is InChI=1S/C24H21F4N3O2S/c25-20-18-7-6-15(24(26,27)28)10-19(18)34-21(20)23(33)31-12-17(13-31)29-16-8-9-30(11-16)22(32)14-4-2-1-3-5-14/h1-7,10,16-17,29H,8-9,11-13H2. The normalized spacial score (nSPS) is 19.0. The summed E-state index contributed by atoms with van der Waals surface area (Å²) in [6, 6.07) is 12.0. The van der Waals surface area contributed by atoms with E-state index in [0.717, 1.165) is 36.0 Å². The van der Waals surface area contributed by atoms with Crippen molar-refractivity contribution in [2.24, 2.45) is 0 Å². The number of likely N-dealkylation sites (tertiary alicyclic amines) is 2. The van der Waals surface area contributed by atoms with Crippen LogP contribution in [0.5, 0.6) is 0 Å². The average Bonchev–Trinajstić information content (AvgIpc) is 3.39. The zero-order valence-corrected chi connectivity index (χ0v) is 18.8. The van der Waals surface area contributed by atoms with Gasteiger partial charge >= 0.3 is 6.18 Å². The summed E-state index contributed by atoms with van der Waals surface area (Å²) in [5.41, 5.74) is -0.221. The first-order valence-electron chi connectivity index (χ1n) is 10.9. The maximum absolute atomic E-state index is 14.7. The van der Waals surface area contributed by atoms with Gasteiger partial charge in [-0.3, -0.25) is 9.59 Å². The van der Waals surface area contributed by atoms with Gasteiger partial charge in [-0.15, -0.1) is 11.3 Å². The molecule has 1 aromatic heterocycles. The van der Waals surface area contributed by atoms with Gasteiger partial charge in [-0.05, 0) is 36.8 Å². The first-order valence-corrected chi connectivity index (χ1v) is 11.7. The SMILES string of the molecule is O=C(c1ccccc1)N1CCC(NC2CN(C(=O)c3sc4cc(C(F)(F)F)ccc4c3F)C2)C1. The number of fused-ring (bicyclic) bond motifs is 1. The Hall–Kier alpha value is -2.98. The molecule has 1 atom stereocenters. The molecule has 0 bridgehead atoms. The van der Waals surface area contributed by atoms with Crippen molar-refractivity contribution in [3.05, 3.63) is 70.4 Å². The molecular weight excluding hydrogens is 470 g/mol. The highest BCUT2D eigenvalue weighted by Crippen LogP contribution is 2.37. The fourth-order valence-corrected chi connectivity index (χ4v) is 5.54. The topological polar surface area (TPSA) is 52.7 Å². The van der Waals surface area contributed by atoms with Gasteiger partial charge in [0, 0.05) is 53.9 Å². The molecule has 0 aliphatic carbocycles. The van der Waals surface area contributed by atoms with Gasteiger partial charge in [0.1, 0.15) is 4.88 Å². The van der Waals surface area contributed by atoms with Crippen molar-refractivity contribution >= 4 is 33.2 Å². The second-order valence-corrected chi connectivity index (χ2v) is 9.68. The summed E-state index contributed by atoms with van der Waals surface area (Å²) in [4.78, 5) is 28.5. The van der Waals surface area contributed by atoms with Gasteiger partial charge in [0.15, 0.2) is 5.82 Å². The molecule has 2 aromatic carbocycles. The summed E-state index contributed by atoms with van der Waals surface area (Å²) < 4.78 is 53.7. The summed E-state index contributed by atoms with van der Waals surface area (Å²) in [6.45, 7) is 1.98. The number of amides is 2.